The summed E-state index contributed by atoms with van der Waals surface area (Å²) in [6, 6.07) is 0.757. The lowest BCUT2D eigenvalue weighted by molar-refractivity contribution is 0.249. The van der Waals surface area contributed by atoms with E-state index in [0.29, 0.717) is 0 Å². The molecule has 1 N–H and O–H groups in total. The van der Waals surface area contributed by atoms with Gasteiger partial charge in [-0.15, -0.1) is 0 Å². The Morgan fingerprint density at radius 1 is 1.24 bits per heavy atom. The number of rotatable bonds is 7. The van der Waals surface area contributed by atoms with Gasteiger partial charge in [-0.25, -0.2) is 0 Å². The van der Waals surface area contributed by atoms with Crippen molar-refractivity contribution in [2.75, 3.05) is 51.3 Å². The van der Waals surface area contributed by atoms with Gasteiger partial charge in [0.05, 0.1) is 0 Å². The quantitative estimate of drug-likeness (QED) is 0.444. The lowest BCUT2D eigenvalue weighted by atomic mass is 10.2. The van der Waals surface area contributed by atoms with Crippen LogP contribution < -0.4 is 5.32 Å². The normalized spacial score (nSPS) is 24.0. The first-order valence-electron chi connectivity index (χ1n) is 8.61. The summed E-state index contributed by atoms with van der Waals surface area (Å²) >= 11 is 1.93. The summed E-state index contributed by atoms with van der Waals surface area (Å²) in [6.45, 7) is 9.04. The van der Waals surface area contributed by atoms with Crippen LogP contribution in [0.2, 0.25) is 0 Å². The fourth-order valence-corrected chi connectivity index (χ4v) is 3.80. The van der Waals surface area contributed by atoms with Crippen LogP contribution in [0.3, 0.4) is 0 Å². The molecule has 0 bridgehead atoms. The Morgan fingerprint density at radius 3 is 2.76 bits per heavy atom. The van der Waals surface area contributed by atoms with Crippen molar-refractivity contribution < 1.29 is 0 Å². The summed E-state index contributed by atoms with van der Waals surface area (Å²) in [6.07, 6.45) is 8.74. The van der Waals surface area contributed by atoms with Crippen molar-refractivity contribution in [1.29, 1.82) is 0 Å². The van der Waals surface area contributed by atoms with E-state index in [0.717, 1.165) is 38.2 Å². The van der Waals surface area contributed by atoms with Crippen molar-refractivity contribution >= 4 is 17.7 Å². The van der Waals surface area contributed by atoms with Crippen molar-refractivity contribution in [3.8, 4) is 0 Å². The lowest BCUT2D eigenvalue weighted by Crippen LogP contribution is -2.42. The van der Waals surface area contributed by atoms with Crippen LogP contribution in [-0.4, -0.2) is 73.1 Å². The second-order valence-corrected chi connectivity index (χ2v) is 7.05. The monoisotopic (exact) mass is 312 g/mol. The highest BCUT2D eigenvalue weighted by Gasteiger charge is 2.30. The van der Waals surface area contributed by atoms with Crippen LogP contribution in [0.5, 0.6) is 0 Å². The van der Waals surface area contributed by atoms with E-state index in [1.807, 2.05) is 11.8 Å². The van der Waals surface area contributed by atoms with E-state index in [1.54, 1.807) is 0 Å². The van der Waals surface area contributed by atoms with Crippen molar-refractivity contribution in [3.05, 3.63) is 0 Å². The Labute approximate surface area is 134 Å². The van der Waals surface area contributed by atoms with Gasteiger partial charge in [0.2, 0.25) is 0 Å². The number of unbranched alkanes of at least 4 members (excludes halogenated alkanes) is 1. The number of guanidine groups is 1. The molecule has 5 heteroatoms. The van der Waals surface area contributed by atoms with Gasteiger partial charge in [0.25, 0.3) is 0 Å². The first-order chi connectivity index (χ1) is 10.3. The lowest BCUT2D eigenvalue weighted by Gasteiger charge is -2.25. The predicted molar refractivity (Wildman–Crippen MR) is 94.4 cm³/mol. The highest BCUT2D eigenvalue weighted by molar-refractivity contribution is 7.98. The molecule has 0 radical (unpaired) electrons. The van der Waals surface area contributed by atoms with Crippen LogP contribution in [-0.2, 0) is 0 Å². The van der Waals surface area contributed by atoms with Gasteiger partial charge >= 0.3 is 0 Å². The predicted octanol–water partition coefficient (Wildman–Crippen LogP) is 2.27. The number of nitrogens with one attached hydrogen (secondary N) is 1. The van der Waals surface area contributed by atoms with E-state index in [4.69, 9.17) is 4.99 Å². The zero-order valence-electron chi connectivity index (χ0n) is 13.8. The summed E-state index contributed by atoms with van der Waals surface area (Å²) in [7, 11) is 0. The zero-order valence-corrected chi connectivity index (χ0v) is 14.6. The van der Waals surface area contributed by atoms with E-state index in [-0.39, 0.29) is 0 Å². The maximum atomic E-state index is 4.83. The number of aliphatic imine (C=N–C) groups is 1. The van der Waals surface area contributed by atoms with Crippen molar-refractivity contribution in [2.45, 2.75) is 45.1 Å². The van der Waals surface area contributed by atoms with E-state index < -0.39 is 0 Å². The summed E-state index contributed by atoms with van der Waals surface area (Å²) in [5, 5.41) is 3.48. The van der Waals surface area contributed by atoms with E-state index in [1.165, 1.54) is 50.9 Å². The van der Waals surface area contributed by atoms with Crippen LogP contribution in [0.15, 0.2) is 4.99 Å². The van der Waals surface area contributed by atoms with Gasteiger partial charge < -0.3 is 10.2 Å². The summed E-state index contributed by atoms with van der Waals surface area (Å²) in [5.74, 6) is 2.40. The first kappa shape index (κ1) is 16.9. The molecular formula is C16H32N4S. The molecule has 1 unspecified atom stereocenters. The number of thioether (sulfide) groups is 1. The third-order valence-electron chi connectivity index (χ3n) is 4.47. The van der Waals surface area contributed by atoms with Crippen molar-refractivity contribution in [1.82, 2.24) is 15.1 Å². The average molecular weight is 313 g/mol. The Balaban J connectivity index is 1.79. The standard InChI is InChI=1S/C16H32N4S/c1-3-17-16(18-9-4-7-13-21-2)20-12-8-15(14-20)19-10-5-6-11-19/h15H,3-14H2,1-2H3,(H,17,18). The van der Waals surface area contributed by atoms with E-state index in [2.05, 4.69) is 28.3 Å². The Bertz CT molecular complexity index is 315. The van der Waals surface area contributed by atoms with Crippen LogP contribution in [0.25, 0.3) is 0 Å². The minimum absolute atomic E-state index is 0.757. The van der Waals surface area contributed by atoms with E-state index >= 15 is 0 Å². The molecule has 0 aromatic heterocycles. The number of hydrogen-bond donors (Lipinski definition) is 1. The summed E-state index contributed by atoms with van der Waals surface area (Å²) in [4.78, 5) is 9.99. The van der Waals surface area contributed by atoms with Crippen molar-refractivity contribution in [2.24, 2.45) is 4.99 Å². The second-order valence-electron chi connectivity index (χ2n) is 6.07. The molecule has 122 valence electrons. The Hall–Kier alpha value is -0.420. The third-order valence-corrected chi connectivity index (χ3v) is 5.17. The molecule has 0 amide bonds. The molecule has 2 fully saturated rings. The van der Waals surface area contributed by atoms with Crippen LogP contribution in [0.1, 0.15) is 39.0 Å². The molecule has 0 spiro atoms. The first-order valence-corrected chi connectivity index (χ1v) is 10.0. The number of hydrogen-bond acceptors (Lipinski definition) is 3. The third kappa shape index (κ3) is 5.37. The zero-order chi connectivity index (χ0) is 14.9. The molecule has 0 aliphatic carbocycles. The topological polar surface area (TPSA) is 30.9 Å². The number of likely N-dealkylation sites (tertiary alicyclic amines) is 2. The maximum absolute atomic E-state index is 4.83. The van der Waals surface area contributed by atoms with Crippen LogP contribution in [0.4, 0.5) is 0 Å². The smallest absolute Gasteiger partial charge is 0.193 e. The van der Waals surface area contributed by atoms with Gasteiger partial charge in [-0.05, 0) is 64.1 Å². The van der Waals surface area contributed by atoms with Gasteiger partial charge in [0.1, 0.15) is 0 Å². The molecular weight excluding hydrogens is 280 g/mol. The number of nitrogens with zero attached hydrogens (tertiary/aromatic N) is 3. The molecule has 0 aromatic carbocycles. The maximum Gasteiger partial charge on any atom is 0.193 e. The van der Waals surface area contributed by atoms with Gasteiger partial charge in [0, 0.05) is 32.2 Å². The summed E-state index contributed by atoms with van der Waals surface area (Å²) < 4.78 is 0. The fraction of sp³-hybridized carbons (Fsp3) is 0.938. The van der Waals surface area contributed by atoms with Gasteiger partial charge in [-0.3, -0.25) is 9.89 Å². The van der Waals surface area contributed by atoms with Gasteiger partial charge in [-0.2, -0.15) is 11.8 Å². The molecule has 2 heterocycles. The minimum atomic E-state index is 0.757. The fourth-order valence-electron chi connectivity index (χ4n) is 3.31. The highest BCUT2D eigenvalue weighted by atomic mass is 32.2. The van der Waals surface area contributed by atoms with E-state index in [9.17, 15) is 0 Å². The van der Waals surface area contributed by atoms with Crippen LogP contribution in [0, 0.1) is 0 Å². The summed E-state index contributed by atoms with van der Waals surface area (Å²) in [5.41, 5.74) is 0. The molecule has 21 heavy (non-hydrogen) atoms. The molecule has 1 atom stereocenters. The average Bonchev–Trinajstić information content (AvgIpc) is 3.16. The largest absolute Gasteiger partial charge is 0.357 e. The van der Waals surface area contributed by atoms with Gasteiger partial charge in [-0.1, -0.05) is 0 Å². The second kappa shape index (κ2) is 9.57. The molecule has 2 aliphatic rings. The molecule has 2 saturated heterocycles. The molecule has 2 rings (SSSR count). The molecule has 0 saturated carbocycles. The van der Waals surface area contributed by atoms with Crippen LogP contribution >= 0.6 is 11.8 Å². The van der Waals surface area contributed by atoms with Crippen molar-refractivity contribution in [3.63, 3.8) is 0 Å². The van der Waals surface area contributed by atoms with Gasteiger partial charge in [0.15, 0.2) is 5.96 Å². The molecule has 4 nitrogen and oxygen atoms in total. The molecule has 2 aliphatic heterocycles. The highest BCUT2D eigenvalue weighted by Crippen LogP contribution is 2.20. The molecule has 0 aromatic rings. The Morgan fingerprint density at radius 2 is 2.05 bits per heavy atom. The SMILES string of the molecule is CCNC(=NCCCCSC)N1CCC(N2CCCC2)C1. The minimum Gasteiger partial charge on any atom is -0.357 e. The Kier molecular flexibility index (Phi) is 7.72.